The number of carbonyl (C=O) groups is 1. The van der Waals surface area contributed by atoms with Crippen LogP contribution in [0.2, 0.25) is 0 Å². The standard InChI is InChI=1S/C22H35N3O/c1-2-19(20-10-5-3-6-11-20)18-25-16-9-13-23-21(22(25)26)12-17-24-14-7-4-8-15-24/h3,5-6,10-11,19,21,23H,2,4,7-9,12-18H2,1H3/t19-,21+/m1/s1. The van der Waals surface area contributed by atoms with Gasteiger partial charge in [0.05, 0.1) is 6.04 Å². The van der Waals surface area contributed by atoms with Crippen molar-refractivity contribution >= 4 is 5.91 Å². The molecule has 2 heterocycles. The first kappa shape index (κ1) is 19.4. The summed E-state index contributed by atoms with van der Waals surface area (Å²) in [7, 11) is 0. The SMILES string of the molecule is CC[C@H](CN1CCCN[C@@H](CCN2CCCCC2)C1=O)c1ccccc1. The van der Waals surface area contributed by atoms with Crippen molar-refractivity contribution in [1.29, 1.82) is 0 Å². The van der Waals surface area contributed by atoms with Crippen molar-refractivity contribution in [3.8, 4) is 0 Å². The van der Waals surface area contributed by atoms with Gasteiger partial charge in [0, 0.05) is 25.6 Å². The maximum atomic E-state index is 13.1. The van der Waals surface area contributed by atoms with E-state index < -0.39 is 0 Å². The van der Waals surface area contributed by atoms with Crippen LogP contribution in [0, 0.1) is 0 Å². The summed E-state index contributed by atoms with van der Waals surface area (Å²) in [5.74, 6) is 0.745. The van der Waals surface area contributed by atoms with Crippen LogP contribution in [0.25, 0.3) is 0 Å². The largest absolute Gasteiger partial charge is 0.341 e. The zero-order valence-corrected chi connectivity index (χ0v) is 16.3. The highest BCUT2D eigenvalue weighted by atomic mass is 16.2. The lowest BCUT2D eigenvalue weighted by Crippen LogP contribution is -2.46. The van der Waals surface area contributed by atoms with Crippen molar-refractivity contribution in [3.63, 3.8) is 0 Å². The molecule has 2 aliphatic rings. The second-order valence-corrected chi connectivity index (χ2v) is 7.85. The van der Waals surface area contributed by atoms with Crippen LogP contribution < -0.4 is 5.32 Å². The summed E-state index contributed by atoms with van der Waals surface area (Å²) < 4.78 is 0. The molecule has 0 unspecified atom stereocenters. The number of rotatable bonds is 7. The Hall–Kier alpha value is -1.39. The summed E-state index contributed by atoms with van der Waals surface area (Å²) in [4.78, 5) is 17.8. The lowest BCUT2D eigenvalue weighted by Gasteiger charge is -2.31. The Bertz CT molecular complexity index is 542. The van der Waals surface area contributed by atoms with Crippen molar-refractivity contribution in [3.05, 3.63) is 35.9 Å². The highest BCUT2D eigenvalue weighted by molar-refractivity contribution is 5.82. The van der Waals surface area contributed by atoms with Crippen LogP contribution in [0.1, 0.15) is 56.9 Å². The van der Waals surface area contributed by atoms with Gasteiger partial charge in [-0.1, -0.05) is 43.7 Å². The summed E-state index contributed by atoms with van der Waals surface area (Å²) >= 11 is 0. The maximum absolute atomic E-state index is 13.1. The molecule has 1 N–H and O–H groups in total. The van der Waals surface area contributed by atoms with E-state index in [9.17, 15) is 4.79 Å². The molecule has 0 saturated carbocycles. The zero-order valence-electron chi connectivity index (χ0n) is 16.3. The van der Waals surface area contributed by atoms with Crippen LogP contribution in [-0.2, 0) is 4.79 Å². The van der Waals surface area contributed by atoms with Crippen LogP contribution in [-0.4, -0.2) is 61.0 Å². The molecule has 3 rings (SSSR count). The Labute approximate surface area is 158 Å². The second-order valence-electron chi connectivity index (χ2n) is 7.85. The van der Waals surface area contributed by atoms with Gasteiger partial charge in [0.1, 0.15) is 0 Å². The third-order valence-corrected chi connectivity index (χ3v) is 5.99. The summed E-state index contributed by atoms with van der Waals surface area (Å²) in [5.41, 5.74) is 1.35. The average Bonchev–Trinajstić information content (AvgIpc) is 2.87. The van der Waals surface area contributed by atoms with E-state index in [1.165, 1.54) is 37.9 Å². The van der Waals surface area contributed by atoms with Crippen LogP contribution in [0.5, 0.6) is 0 Å². The molecule has 1 aromatic carbocycles. The Kier molecular flexibility index (Phi) is 7.51. The second kappa shape index (κ2) is 10.1. The monoisotopic (exact) mass is 357 g/mol. The topological polar surface area (TPSA) is 35.6 Å². The first-order chi connectivity index (χ1) is 12.8. The number of carbonyl (C=O) groups excluding carboxylic acids is 1. The number of nitrogens with one attached hydrogen (secondary N) is 1. The highest BCUT2D eigenvalue weighted by Gasteiger charge is 2.28. The fourth-order valence-electron chi connectivity index (χ4n) is 4.33. The number of likely N-dealkylation sites (tertiary alicyclic amines) is 1. The van der Waals surface area contributed by atoms with Crippen molar-refractivity contribution in [1.82, 2.24) is 15.1 Å². The van der Waals surface area contributed by atoms with Crippen molar-refractivity contribution in [2.24, 2.45) is 0 Å². The molecular weight excluding hydrogens is 322 g/mol. The predicted molar refractivity (Wildman–Crippen MR) is 107 cm³/mol. The minimum absolute atomic E-state index is 0.00675. The van der Waals surface area contributed by atoms with Gasteiger partial charge in [-0.25, -0.2) is 0 Å². The van der Waals surface area contributed by atoms with Crippen molar-refractivity contribution in [2.75, 3.05) is 39.3 Å². The van der Waals surface area contributed by atoms with Crippen LogP contribution in [0.3, 0.4) is 0 Å². The Balaban J connectivity index is 1.58. The molecule has 2 aliphatic heterocycles. The molecule has 26 heavy (non-hydrogen) atoms. The van der Waals surface area contributed by atoms with Gasteiger partial charge in [0.15, 0.2) is 0 Å². The number of hydrogen-bond donors (Lipinski definition) is 1. The molecule has 0 radical (unpaired) electrons. The van der Waals surface area contributed by atoms with Crippen LogP contribution in [0.15, 0.2) is 30.3 Å². The van der Waals surface area contributed by atoms with E-state index in [-0.39, 0.29) is 6.04 Å². The smallest absolute Gasteiger partial charge is 0.239 e. The van der Waals surface area contributed by atoms with E-state index in [1.54, 1.807) is 0 Å². The quantitative estimate of drug-likeness (QED) is 0.814. The molecule has 0 aromatic heterocycles. The van der Waals surface area contributed by atoms with E-state index >= 15 is 0 Å². The normalized spacial score (nSPS) is 23.7. The minimum atomic E-state index is -0.00675. The third-order valence-electron chi connectivity index (χ3n) is 5.99. The van der Waals surface area contributed by atoms with E-state index in [4.69, 9.17) is 0 Å². The Morgan fingerprint density at radius 2 is 1.85 bits per heavy atom. The summed E-state index contributed by atoms with van der Waals surface area (Å²) in [6, 6.07) is 10.7. The van der Waals surface area contributed by atoms with Gasteiger partial charge >= 0.3 is 0 Å². The Morgan fingerprint density at radius 1 is 1.08 bits per heavy atom. The number of nitrogens with zero attached hydrogens (tertiary/aromatic N) is 2. The lowest BCUT2D eigenvalue weighted by molar-refractivity contribution is -0.133. The van der Waals surface area contributed by atoms with Crippen LogP contribution in [0.4, 0.5) is 0 Å². The average molecular weight is 358 g/mol. The molecule has 1 aromatic rings. The molecule has 4 heteroatoms. The number of amides is 1. The molecule has 2 saturated heterocycles. The fourth-order valence-corrected chi connectivity index (χ4v) is 4.33. The lowest BCUT2D eigenvalue weighted by atomic mass is 9.95. The molecule has 2 atom stereocenters. The minimum Gasteiger partial charge on any atom is -0.341 e. The summed E-state index contributed by atoms with van der Waals surface area (Å²) in [6.07, 6.45) is 7.05. The van der Waals surface area contributed by atoms with Gasteiger partial charge in [-0.2, -0.15) is 0 Å². The first-order valence-corrected chi connectivity index (χ1v) is 10.6. The fraction of sp³-hybridized carbons (Fsp3) is 0.682. The van der Waals surface area contributed by atoms with E-state index in [2.05, 4.69) is 52.4 Å². The maximum Gasteiger partial charge on any atom is 0.239 e. The van der Waals surface area contributed by atoms with Crippen molar-refractivity contribution < 1.29 is 4.79 Å². The Morgan fingerprint density at radius 3 is 2.58 bits per heavy atom. The van der Waals surface area contributed by atoms with E-state index in [0.717, 1.165) is 45.4 Å². The molecule has 4 nitrogen and oxygen atoms in total. The molecule has 0 aliphatic carbocycles. The van der Waals surface area contributed by atoms with Gasteiger partial charge in [0.25, 0.3) is 0 Å². The van der Waals surface area contributed by atoms with E-state index in [0.29, 0.717) is 11.8 Å². The number of piperidine rings is 1. The molecule has 0 spiro atoms. The molecule has 144 valence electrons. The van der Waals surface area contributed by atoms with Gasteiger partial charge in [-0.15, -0.1) is 0 Å². The van der Waals surface area contributed by atoms with Gasteiger partial charge < -0.3 is 15.1 Å². The molecule has 0 bridgehead atoms. The zero-order chi connectivity index (χ0) is 18.2. The van der Waals surface area contributed by atoms with Gasteiger partial charge in [0.2, 0.25) is 5.91 Å². The predicted octanol–water partition coefficient (Wildman–Crippen LogP) is 3.25. The van der Waals surface area contributed by atoms with E-state index in [1.807, 2.05) is 0 Å². The molecule has 1 amide bonds. The third kappa shape index (κ3) is 5.31. The van der Waals surface area contributed by atoms with Gasteiger partial charge in [-0.3, -0.25) is 4.79 Å². The summed E-state index contributed by atoms with van der Waals surface area (Å²) in [5, 5.41) is 3.51. The number of benzene rings is 1. The number of hydrogen-bond acceptors (Lipinski definition) is 3. The first-order valence-electron chi connectivity index (χ1n) is 10.6. The van der Waals surface area contributed by atoms with Crippen molar-refractivity contribution in [2.45, 2.75) is 57.4 Å². The molecule has 2 fully saturated rings. The van der Waals surface area contributed by atoms with Gasteiger partial charge in [-0.05, 0) is 57.3 Å². The van der Waals surface area contributed by atoms with Crippen LogP contribution >= 0.6 is 0 Å². The highest BCUT2D eigenvalue weighted by Crippen LogP contribution is 2.22. The molecular formula is C22H35N3O. The summed E-state index contributed by atoms with van der Waals surface area (Å²) in [6.45, 7) is 8.37.